The lowest BCUT2D eigenvalue weighted by Crippen LogP contribution is -2.01. The molecule has 1 atom stereocenters. The summed E-state index contributed by atoms with van der Waals surface area (Å²) in [6, 6.07) is 30.5. The molecule has 1 unspecified atom stereocenters. The minimum atomic E-state index is -2.61. The van der Waals surface area contributed by atoms with Crippen molar-refractivity contribution in [1.29, 1.82) is 4.78 Å². The molecule has 380 valence electrons. The Balaban J connectivity index is 0. The quantitative estimate of drug-likeness (QED) is 0.156. The number of anilines is 1. The van der Waals surface area contributed by atoms with E-state index in [2.05, 4.69) is 130 Å². The molecular formula is C49H64N7O6S8-. The Kier molecular flexibility index (Phi) is 39.9. The van der Waals surface area contributed by atoms with Gasteiger partial charge >= 0.3 is 22.1 Å². The Hall–Kier alpha value is -5.10. The van der Waals surface area contributed by atoms with Crippen LogP contribution in [-0.4, -0.2) is 50.5 Å². The first-order valence-corrected chi connectivity index (χ1v) is 29.2. The summed E-state index contributed by atoms with van der Waals surface area (Å²) in [5.74, 6) is 0. The summed E-state index contributed by atoms with van der Waals surface area (Å²) in [4.78, 5) is 20.9. The lowest BCUT2D eigenvalue weighted by Gasteiger charge is -2.07. The summed E-state index contributed by atoms with van der Waals surface area (Å²) in [5, 5.41) is 0. The average molecular weight is 1100 g/mol. The largest absolute Gasteiger partial charge is 0.755 e. The second-order valence-electron chi connectivity index (χ2n) is 12.0. The molecule has 0 saturated heterocycles. The van der Waals surface area contributed by atoms with Crippen molar-refractivity contribution in [3.63, 3.8) is 0 Å². The van der Waals surface area contributed by atoms with Crippen LogP contribution in [0.2, 0.25) is 0 Å². The van der Waals surface area contributed by atoms with Crippen molar-refractivity contribution in [1.82, 2.24) is 24.9 Å². The van der Waals surface area contributed by atoms with Crippen LogP contribution in [0.4, 0.5) is 5.69 Å². The van der Waals surface area contributed by atoms with Gasteiger partial charge in [0.05, 0.1) is 78.6 Å². The molecule has 0 fully saturated rings. The molecule has 13 nitrogen and oxygen atoms in total. The molecule has 5 aromatic heterocycles. The molecule has 0 spiro atoms. The third kappa shape index (κ3) is 27.3. The van der Waals surface area contributed by atoms with Gasteiger partial charge in [0, 0.05) is 17.0 Å². The SMILES string of the molecule is CC.CC.CC.CC.CC.Cc1ccc2scnc2c1.Cc1ccc2scnc2c1.Cc1ccc2scnc2c1.Cc1ccc2scnc2c1.N=S(=O)=O.O=S([O-])Nc1ccc2scnc2c1.O=S=O. The highest BCUT2D eigenvalue weighted by molar-refractivity contribution is 7.80. The second kappa shape index (κ2) is 41.7. The first-order chi connectivity index (χ1) is 33.8. The van der Waals surface area contributed by atoms with Crippen LogP contribution < -0.4 is 4.72 Å². The van der Waals surface area contributed by atoms with E-state index in [0.29, 0.717) is 5.69 Å². The van der Waals surface area contributed by atoms with Crippen LogP contribution in [0, 0.1) is 32.5 Å². The van der Waals surface area contributed by atoms with Crippen molar-refractivity contribution in [2.24, 2.45) is 0 Å². The predicted octanol–water partition coefficient (Wildman–Crippen LogP) is 16.0. The maximum atomic E-state index is 10.3. The fourth-order valence-corrected chi connectivity index (χ4v) is 8.50. The third-order valence-corrected chi connectivity index (χ3v) is 11.9. The predicted molar refractivity (Wildman–Crippen MR) is 307 cm³/mol. The van der Waals surface area contributed by atoms with E-state index in [-0.39, 0.29) is 0 Å². The molecule has 0 radical (unpaired) electrons. The van der Waals surface area contributed by atoms with Gasteiger partial charge in [0.25, 0.3) is 0 Å². The van der Waals surface area contributed by atoms with Gasteiger partial charge in [-0.25, -0.2) is 24.9 Å². The minimum absolute atomic E-state index is 0.534. The van der Waals surface area contributed by atoms with Crippen molar-refractivity contribution in [2.75, 3.05) is 4.72 Å². The van der Waals surface area contributed by atoms with Crippen LogP contribution in [0.3, 0.4) is 0 Å². The highest BCUT2D eigenvalue weighted by Gasteiger charge is 1.99. The topological polar surface area (TPSA) is 209 Å². The smallest absolute Gasteiger partial charge is 0.335 e. The number of aromatic nitrogens is 5. The third-order valence-electron chi connectivity index (χ3n) is 7.48. The van der Waals surface area contributed by atoms with E-state index in [9.17, 15) is 8.76 Å². The number of fused-ring (bicyclic) bond motifs is 5. The van der Waals surface area contributed by atoms with Crippen LogP contribution in [0.5, 0.6) is 0 Å². The fourth-order valence-electron chi connectivity index (χ4n) is 4.89. The van der Waals surface area contributed by atoms with Gasteiger partial charge in [-0.05, 0) is 117 Å². The molecule has 10 aromatic rings. The summed E-state index contributed by atoms with van der Waals surface area (Å²) >= 11 is 5.24. The van der Waals surface area contributed by atoms with E-state index in [4.69, 9.17) is 21.6 Å². The number of hydrogen-bond acceptors (Lipinski definition) is 17. The number of rotatable bonds is 2. The Morgan fingerprint density at radius 1 is 0.429 bits per heavy atom. The first-order valence-electron chi connectivity index (χ1n) is 22.0. The van der Waals surface area contributed by atoms with E-state index < -0.39 is 33.3 Å². The van der Waals surface area contributed by atoms with E-state index in [1.165, 1.54) is 52.4 Å². The summed E-state index contributed by atoms with van der Waals surface area (Å²) in [5.41, 5.74) is 20.1. The number of nitrogens with one attached hydrogen (secondary N) is 2. The Bertz CT molecular complexity index is 2800. The van der Waals surface area contributed by atoms with E-state index in [1.54, 1.807) is 63.0 Å². The second-order valence-corrected chi connectivity index (χ2v) is 17.7. The van der Waals surface area contributed by atoms with Gasteiger partial charge in [-0.15, -0.1) is 56.7 Å². The molecule has 70 heavy (non-hydrogen) atoms. The monoisotopic (exact) mass is 1100 g/mol. The minimum Gasteiger partial charge on any atom is -0.755 e. The molecule has 0 aliphatic carbocycles. The number of aryl methyl sites for hydroxylation is 4. The number of thiazole rings is 5. The molecule has 5 aromatic carbocycles. The van der Waals surface area contributed by atoms with E-state index >= 15 is 0 Å². The normalized spacial score (nSPS) is 9.36. The molecule has 5 heterocycles. The molecule has 21 heteroatoms. The maximum absolute atomic E-state index is 10.3. The molecule has 0 amide bonds. The highest BCUT2D eigenvalue weighted by atomic mass is 32.2. The molecule has 0 aliphatic rings. The van der Waals surface area contributed by atoms with Crippen molar-refractivity contribution >= 4 is 147 Å². The summed E-state index contributed by atoms with van der Waals surface area (Å²) in [6.45, 7) is 28.3. The van der Waals surface area contributed by atoms with E-state index in [0.717, 1.165) is 32.3 Å². The van der Waals surface area contributed by atoms with Crippen LogP contribution >= 0.6 is 56.7 Å². The van der Waals surface area contributed by atoms with Gasteiger partial charge in [-0.3, -0.25) is 4.21 Å². The molecule has 0 bridgehead atoms. The molecular weight excluding hydrogens is 1040 g/mol. The average Bonchev–Trinajstić information content (AvgIpc) is 4.24. The van der Waals surface area contributed by atoms with Gasteiger partial charge in [0.15, 0.2) is 0 Å². The highest BCUT2D eigenvalue weighted by Crippen LogP contribution is 2.22. The van der Waals surface area contributed by atoms with Crippen molar-refractivity contribution < 1.29 is 25.6 Å². The zero-order valence-corrected chi connectivity index (χ0v) is 48.5. The van der Waals surface area contributed by atoms with Gasteiger partial charge < -0.3 is 9.27 Å². The standard InChI is InChI=1S/4C8H7NS.C7H6N2O2S2.5C2H6.HNO2S.O2S/c4*1-6-2-3-8-7(4-6)9-5-10-8;10-13(11)9-5-1-2-7-6(3-5)8-4-12-7;5*1-2;1-4(2)3;1-3-2/h4*2-5H,1H3;1-4,9H,(H,10,11);5*1-2H3;1H;/p-1. The Labute approximate surface area is 441 Å². The van der Waals surface area contributed by atoms with Crippen molar-refractivity contribution in [3.8, 4) is 0 Å². The zero-order valence-electron chi connectivity index (χ0n) is 42.0. The molecule has 10 rings (SSSR count). The first kappa shape index (κ1) is 67.0. The van der Waals surface area contributed by atoms with Gasteiger partial charge in [-0.2, -0.15) is 21.6 Å². The van der Waals surface area contributed by atoms with Gasteiger partial charge in [0.1, 0.15) is 0 Å². The summed E-state index contributed by atoms with van der Waals surface area (Å²) in [6.07, 6.45) is 0. The van der Waals surface area contributed by atoms with Crippen LogP contribution in [0.1, 0.15) is 91.5 Å². The summed E-state index contributed by atoms with van der Waals surface area (Å²) in [7, 11) is -2.61. The maximum Gasteiger partial charge on any atom is 0.335 e. The van der Waals surface area contributed by atoms with Gasteiger partial charge in [0.2, 0.25) is 0 Å². The molecule has 2 N–H and O–H groups in total. The lowest BCUT2D eigenvalue weighted by molar-refractivity contribution is 0.542. The van der Waals surface area contributed by atoms with Crippen LogP contribution in [-0.2, 0) is 33.3 Å². The lowest BCUT2D eigenvalue weighted by atomic mass is 10.2. The van der Waals surface area contributed by atoms with Crippen LogP contribution in [0.25, 0.3) is 51.1 Å². The molecule has 0 saturated carbocycles. The van der Waals surface area contributed by atoms with Crippen LogP contribution in [0.15, 0.2) is 119 Å². The number of hydrogen-bond donors (Lipinski definition) is 2. The fraction of sp³-hybridized carbons (Fsp3) is 0.286. The Morgan fingerprint density at radius 2 is 0.629 bits per heavy atom. The van der Waals surface area contributed by atoms with Crippen molar-refractivity contribution in [3.05, 3.63) is 141 Å². The summed E-state index contributed by atoms with van der Waals surface area (Å²) < 4.78 is 68.4. The zero-order chi connectivity index (χ0) is 53.4. The number of nitrogens with zero attached hydrogens (tertiary/aromatic N) is 5. The van der Waals surface area contributed by atoms with Crippen molar-refractivity contribution in [2.45, 2.75) is 96.9 Å². The Morgan fingerprint density at radius 3 is 0.843 bits per heavy atom. The van der Waals surface area contributed by atoms with Gasteiger partial charge in [-0.1, -0.05) is 93.5 Å². The molecule has 0 aliphatic heterocycles. The number of benzene rings is 5. The van der Waals surface area contributed by atoms with E-state index in [1.807, 2.05) is 97.3 Å².